The van der Waals surface area contributed by atoms with Gasteiger partial charge in [-0.2, -0.15) is 0 Å². The number of carbonyl (C=O) groups excluding carboxylic acids is 2. The number of likely N-dealkylation sites (tertiary alicyclic amines) is 1. The van der Waals surface area contributed by atoms with Gasteiger partial charge in [0.2, 0.25) is 11.8 Å². The second-order valence-corrected chi connectivity index (χ2v) is 6.96. The Kier molecular flexibility index (Phi) is 6.12. The zero-order valence-corrected chi connectivity index (χ0v) is 16.1. The number of nitrogens with zero attached hydrogens (tertiary/aromatic N) is 2. The van der Waals surface area contributed by atoms with Crippen LogP contribution in [-0.2, 0) is 9.59 Å². The molecule has 3 rings (SSSR count). The fourth-order valence-corrected chi connectivity index (χ4v) is 3.57. The minimum absolute atomic E-state index is 0.128. The van der Waals surface area contributed by atoms with Crippen LogP contribution in [-0.4, -0.2) is 40.9 Å². The van der Waals surface area contributed by atoms with Crippen molar-refractivity contribution in [3.05, 3.63) is 59.4 Å². The van der Waals surface area contributed by atoms with Crippen molar-refractivity contribution in [3.8, 4) is 5.69 Å². The summed E-state index contributed by atoms with van der Waals surface area (Å²) in [7, 11) is 0. The smallest absolute Gasteiger partial charge is 0.244 e. The fraction of sp³-hybridized carbons (Fsp3) is 0.364. The molecular weight excluding hydrogens is 338 g/mol. The molecule has 1 aliphatic heterocycles. The van der Waals surface area contributed by atoms with Crippen LogP contribution in [0, 0.1) is 13.8 Å². The first kappa shape index (κ1) is 19.0. The molecule has 2 heterocycles. The number of aryl methyl sites for hydroxylation is 1. The van der Waals surface area contributed by atoms with Gasteiger partial charge in [0.15, 0.2) is 0 Å². The summed E-state index contributed by atoms with van der Waals surface area (Å²) in [6, 6.07) is 12.2. The summed E-state index contributed by atoms with van der Waals surface area (Å²) < 4.78 is 2.17. The monoisotopic (exact) mass is 365 g/mol. The highest BCUT2D eigenvalue weighted by Gasteiger charge is 2.17. The third-order valence-electron chi connectivity index (χ3n) is 5.00. The standard InChI is InChI=1S/C22H27N3O2/c1-17-16-19(18(2)25(17)20-8-4-3-5-9-20)10-11-21(26)23-13-12-22(27)24-14-6-7-15-24/h3-5,8-11,16H,6-7,12-15H2,1-2H3,(H,23,26)/b11-10+. The highest BCUT2D eigenvalue weighted by atomic mass is 16.2. The lowest BCUT2D eigenvalue weighted by molar-refractivity contribution is -0.130. The number of hydrogen-bond acceptors (Lipinski definition) is 2. The van der Waals surface area contributed by atoms with Crippen molar-refractivity contribution in [1.82, 2.24) is 14.8 Å². The van der Waals surface area contributed by atoms with Crippen LogP contribution in [0.5, 0.6) is 0 Å². The minimum Gasteiger partial charge on any atom is -0.352 e. The van der Waals surface area contributed by atoms with E-state index in [9.17, 15) is 9.59 Å². The van der Waals surface area contributed by atoms with Gasteiger partial charge in [-0.1, -0.05) is 18.2 Å². The van der Waals surface area contributed by atoms with Crippen LogP contribution in [0.1, 0.15) is 36.2 Å². The van der Waals surface area contributed by atoms with Crippen LogP contribution in [0.25, 0.3) is 11.8 Å². The Hall–Kier alpha value is -2.82. The third-order valence-corrected chi connectivity index (χ3v) is 5.00. The zero-order valence-electron chi connectivity index (χ0n) is 16.1. The molecule has 0 aliphatic carbocycles. The van der Waals surface area contributed by atoms with Crippen LogP contribution in [0.3, 0.4) is 0 Å². The number of aromatic nitrogens is 1. The van der Waals surface area contributed by atoms with Crippen molar-refractivity contribution in [2.24, 2.45) is 0 Å². The number of para-hydroxylation sites is 1. The lowest BCUT2D eigenvalue weighted by atomic mass is 10.2. The molecule has 1 aromatic carbocycles. The van der Waals surface area contributed by atoms with E-state index in [1.807, 2.05) is 36.1 Å². The summed E-state index contributed by atoms with van der Waals surface area (Å²) in [6.07, 6.45) is 5.91. The molecule has 5 nitrogen and oxygen atoms in total. The van der Waals surface area contributed by atoms with Gasteiger partial charge >= 0.3 is 0 Å². The molecule has 2 aromatic rings. The predicted octanol–water partition coefficient (Wildman–Crippen LogP) is 3.24. The Balaban J connectivity index is 1.56. The first-order chi connectivity index (χ1) is 13.1. The van der Waals surface area contributed by atoms with E-state index >= 15 is 0 Å². The summed E-state index contributed by atoms with van der Waals surface area (Å²) in [5.41, 5.74) is 4.33. The summed E-state index contributed by atoms with van der Waals surface area (Å²) in [5, 5.41) is 2.80. The molecule has 1 aromatic heterocycles. The number of carbonyl (C=O) groups is 2. The molecule has 0 radical (unpaired) electrons. The molecule has 1 saturated heterocycles. The highest BCUT2D eigenvalue weighted by molar-refractivity contribution is 5.92. The van der Waals surface area contributed by atoms with Crippen LogP contribution in [0.15, 0.2) is 42.5 Å². The molecule has 0 spiro atoms. The third kappa shape index (κ3) is 4.67. The number of benzene rings is 1. The molecule has 0 saturated carbocycles. The Labute approximate surface area is 160 Å². The van der Waals surface area contributed by atoms with Gasteiger partial charge in [-0.25, -0.2) is 0 Å². The number of amides is 2. The predicted molar refractivity (Wildman–Crippen MR) is 108 cm³/mol. The molecule has 142 valence electrons. The normalized spacial score (nSPS) is 14.1. The molecule has 2 amide bonds. The second kappa shape index (κ2) is 8.71. The molecule has 1 aliphatic rings. The Morgan fingerprint density at radius 2 is 1.81 bits per heavy atom. The van der Waals surface area contributed by atoms with E-state index < -0.39 is 0 Å². The lowest BCUT2D eigenvalue weighted by Gasteiger charge is -2.14. The first-order valence-corrected chi connectivity index (χ1v) is 9.54. The van der Waals surface area contributed by atoms with E-state index in [1.54, 1.807) is 0 Å². The maximum absolute atomic E-state index is 12.1. The number of nitrogens with one attached hydrogen (secondary N) is 1. The van der Waals surface area contributed by atoms with E-state index in [-0.39, 0.29) is 11.8 Å². The molecule has 5 heteroatoms. The van der Waals surface area contributed by atoms with E-state index in [1.165, 1.54) is 6.08 Å². The highest BCUT2D eigenvalue weighted by Crippen LogP contribution is 2.21. The number of hydrogen-bond donors (Lipinski definition) is 1. The Bertz CT molecular complexity index is 831. The topological polar surface area (TPSA) is 54.3 Å². The molecule has 1 fully saturated rings. The number of rotatable bonds is 6. The van der Waals surface area contributed by atoms with Gasteiger partial charge in [0.25, 0.3) is 0 Å². The molecular formula is C22H27N3O2. The van der Waals surface area contributed by atoms with E-state index in [2.05, 4.69) is 35.0 Å². The largest absolute Gasteiger partial charge is 0.352 e. The van der Waals surface area contributed by atoms with Crippen molar-refractivity contribution in [2.75, 3.05) is 19.6 Å². The average Bonchev–Trinajstić information content (AvgIpc) is 3.29. The van der Waals surface area contributed by atoms with Gasteiger partial charge in [-0.3, -0.25) is 9.59 Å². The minimum atomic E-state index is -0.172. The fourth-order valence-electron chi connectivity index (χ4n) is 3.57. The summed E-state index contributed by atoms with van der Waals surface area (Å²) >= 11 is 0. The SMILES string of the molecule is Cc1cc(/C=C/C(=O)NCCC(=O)N2CCCC2)c(C)n1-c1ccccc1. The van der Waals surface area contributed by atoms with Gasteiger partial charge < -0.3 is 14.8 Å². The first-order valence-electron chi connectivity index (χ1n) is 9.54. The van der Waals surface area contributed by atoms with Crippen molar-refractivity contribution in [2.45, 2.75) is 33.1 Å². The quantitative estimate of drug-likeness (QED) is 0.799. The zero-order chi connectivity index (χ0) is 19.2. The van der Waals surface area contributed by atoms with E-state index in [4.69, 9.17) is 0 Å². The van der Waals surface area contributed by atoms with Crippen molar-refractivity contribution >= 4 is 17.9 Å². The van der Waals surface area contributed by atoms with Gasteiger partial charge in [0, 0.05) is 49.2 Å². The molecule has 1 N–H and O–H groups in total. The van der Waals surface area contributed by atoms with Crippen LogP contribution in [0.4, 0.5) is 0 Å². The van der Waals surface area contributed by atoms with Gasteiger partial charge in [0.1, 0.15) is 0 Å². The molecule has 27 heavy (non-hydrogen) atoms. The van der Waals surface area contributed by atoms with Crippen LogP contribution < -0.4 is 5.32 Å². The van der Waals surface area contributed by atoms with Gasteiger partial charge in [-0.05, 0) is 56.5 Å². The Morgan fingerprint density at radius 3 is 2.52 bits per heavy atom. The lowest BCUT2D eigenvalue weighted by Crippen LogP contribution is -2.32. The second-order valence-electron chi connectivity index (χ2n) is 6.96. The summed E-state index contributed by atoms with van der Waals surface area (Å²) in [4.78, 5) is 25.9. The summed E-state index contributed by atoms with van der Waals surface area (Å²) in [5.74, 6) is -0.0445. The molecule has 0 unspecified atom stereocenters. The van der Waals surface area contributed by atoms with Crippen LogP contribution in [0.2, 0.25) is 0 Å². The van der Waals surface area contributed by atoms with Gasteiger partial charge in [-0.15, -0.1) is 0 Å². The van der Waals surface area contributed by atoms with Crippen molar-refractivity contribution in [1.29, 1.82) is 0 Å². The maximum atomic E-state index is 12.1. The maximum Gasteiger partial charge on any atom is 0.244 e. The van der Waals surface area contributed by atoms with E-state index in [0.717, 1.165) is 48.6 Å². The molecule has 0 bridgehead atoms. The van der Waals surface area contributed by atoms with Crippen molar-refractivity contribution in [3.63, 3.8) is 0 Å². The summed E-state index contributed by atoms with van der Waals surface area (Å²) in [6.45, 7) is 6.18. The van der Waals surface area contributed by atoms with E-state index in [0.29, 0.717) is 13.0 Å². The Morgan fingerprint density at radius 1 is 1.11 bits per heavy atom. The van der Waals surface area contributed by atoms with Crippen LogP contribution >= 0.6 is 0 Å². The van der Waals surface area contributed by atoms with Crippen molar-refractivity contribution < 1.29 is 9.59 Å². The average molecular weight is 365 g/mol. The van der Waals surface area contributed by atoms with Gasteiger partial charge in [0.05, 0.1) is 0 Å². The molecule has 0 atom stereocenters.